The third-order valence-corrected chi connectivity index (χ3v) is 6.46. The Bertz CT molecular complexity index is 1380. The molecule has 0 aliphatic heterocycles. The topological polar surface area (TPSA) is 99.5 Å². The highest BCUT2D eigenvalue weighted by Gasteiger charge is 2.09. The van der Waals surface area contributed by atoms with E-state index in [0.717, 1.165) is 16.9 Å². The largest absolute Gasteiger partial charge is 0.494 e. The van der Waals surface area contributed by atoms with Crippen molar-refractivity contribution >= 4 is 15.9 Å². The highest BCUT2D eigenvalue weighted by Crippen LogP contribution is 2.22. The number of carbonyl (C=O) groups is 1. The van der Waals surface area contributed by atoms with Gasteiger partial charge >= 0.3 is 6.03 Å². The maximum atomic E-state index is 12.4. The number of aromatic nitrogens is 2. The molecule has 0 fully saturated rings. The molecule has 3 aromatic carbocycles. The molecule has 0 saturated carbocycles. The van der Waals surface area contributed by atoms with Gasteiger partial charge in [-0.1, -0.05) is 30.3 Å². The van der Waals surface area contributed by atoms with Crippen LogP contribution >= 0.6 is 0 Å². The molecule has 8 nitrogen and oxygen atoms in total. The fourth-order valence-corrected chi connectivity index (χ4v) is 4.00. The lowest BCUT2D eigenvalue weighted by Gasteiger charge is -2.08. The highest BCUT2D eigenvalue weighted by atomic mass is 32.2. The van der Waals surface area contributed by atoms with Crippen LogP contribution in [-0.2, 0) is 16.4 Å². The fourth-order valence-electron chi connectivity index (χ4n) is 3.37. The molecule has 9 heteroatoms. The molecule has 186 valence electrons. The molecule has 0 bridgehead atoms. The molecule has 1 aromatic heterocycles. The summed E-state index contributed by atoms with van der Waals surface area (Å²) in [6.07, 6.45) is 5.02. The molecule has 1 heterocycles. The van der Waals surface area contributed by atoms with Gasteiger partial charge in [0.05, 0.1) is 17.2 Å². The van der Waals surface area contributed by atoms with Crippen molar-refractivity contribution in [3.8, 4) is 22.8 Å². The Balaban J connectivity index is 1.24. The second kappa shape index (κ2) is 11.5. The lowest BCUT2D eigenvalue weighted by atomic mass is 10.1. The standard InChI is InChI=1S/C27H27N3O5S/c1-36(32,33)25-14-8-21(9-15-25)19-35-24-12-10-22(11-13-24)26-18-30(20-29-26)27(31)28-16-5-17-34-23-6-3-2-4-7-23/h2-4,6-15,18,20H,5,16-17,19H2,1H3,(H,28,31). The number of para-hydroxylation sites is 1. The van der Waals surface area contributed by atoms with Gasteiger partial charge in [0.15, 0.2) is 9.84 Å². The van der Waals surface area contributed by atoms with Crippen LogP contribution < -0.4 is 14.8 Å². The van der Waals surface area contributed by atoms with Gasteiger partial charge in [0.2, 0.25) is 0 Å². The van der Waals surface area contributed by atoms with E-state index in [-0.39, 0.29) is 10.9 Å². The summed E-state index contributed by atoms with van der Waals surface area (Å²) in [7, 11) is -3.22. The van der Waals surface area contributed by atoms with Crippen molar-refractivity contribution in [2.75, 3.05) is 19.4 Å². The van der Waals surface area contributed by atoms with E-state index >= 15 is 0 Å². The number of carbonyl (C=O) groups excluding carboxylic acids is 1. The molecule has 1 amide bonds. The molecule has 0 aliphatic carbocycles. The van der Waals surface area contributed by atoms with E-state index in [9.17, 15) is 13.2 Å². The number of rotatable bonds is 10. The Morgan fingerprint density at radius 3 is 2.31 bits per heavy atom. The van der Waals surface area contributed by atoms with Crippen LogP contribution in [0.15, 0.2) is 96.3 Å². The third-order valence-electron chi connectivity index (χ3n) is 5.33. The Kier molecular flexibility index (Phi) is 8.02. The van der Waals surface area contributed by atoms with E-state index in [1.807, 2.05) is 54.6 Å². The minimum Gasteiger partial charge on any atom is -0.494 e. The predicted molar refractivity (Wildman–Crippen MR) is 137 cm³/mol. The zero-order chi connectivity index (χ0) is 25.4. The van der Waals surface area contributed by atoms with Gasteiger partial charge in [0.25, 0.3) is 0 Å². The van der Waals surface area contributed by atoms with Gasteiger partial charge < -0.3 is 14.8 Å². The van der Waals surface area contributed by atoms with Gasteiger partial charge in [-0.15, -0.1) is 0 Å². The third kappa shape index (κ3) is 6.96. The average Bonchev–Trinajstić information content (AvgIpc) is 3.38. The predicted octanol–water partition coefficient (Wildman–Crippen LogP) is 4.56. The van der Waals surface area contributed by atoms with Crippen molar-refractivity contribution in [3.05, 3.63) is 97.0 Å². The summed E-state index contributed by atoms with van der Waals surface area (Å²) in [6.45, 7) is 1.32. The smallest absolute Gasteiger partial charge is 0.326 e. The summed E-state index contributed by atoms with van der Waals surface area (Å²) >= 11 is 0. The number of ether oxygens (including phenoxy) is 2. The number of benzene rings is 3. The van der Waals surface area contributed by atoms with E-state index < -0.39 is 9.84 Å². The molecule has 36 heavy (non-hydrogen) atoms. The molecule has 4 rings (SSSR count). The lowest BCUT2D eigenvalue weighted by molar-refractivity contribution is 0.240. The molecule has 4 aromatic rings. The van der Waals surface area contributed by atoms with Crippen LogP contribution in [0, 0.1) is 0 Å². The quantitative estimate of drug-likeness (QED) is 0.317. The summed E-state index contributed by atoms with van der Waals surface area (Å²) in [5.74, 6) is 1.48. The fraction of sp³-hybridized carbons (Fsp3) is 0.185. The van der Waals surface area contributed by atoms with Gasteiger partial charge in [0.1, 0.15) is 24.4 Å². The van der Waals surface area contributed by atoms with Crippen molar-refractivity contribution < 1.29 is 22.7 Å². The van der Waals surface area contributed by atoms with E-state index in [2.05, 4.69) is 10.3 Å². The summed E-state index contributed by atoms with van der Waals surface area (Å²) in [5.41, 5.74) is 2.38. The lowest BCUT2D eigenvalue weighted by Crippen LogP contribution is -2.29. The summed E-state index contributed by atoms with van der Waals surface area (Å²) in [6, 6.07) is 23.3. The monoisotopic (exact) mass is 505 g/mol. The van der Waals surface area contributed by atoms with Crippen LogP contribution in [0.2, 0.25) is 0 Å². The van der Waals surface area contributed by atoms with E-state index in [4.69, 9.17) is 9.47 Å². The van der Waals surface area contributed by atoms with E-state index in [0.29, 0.717) is 37.6 Å². The van der Waals surface area contributed by atoms with Gasteiger partial charge in [-0.3, -0.25) is 4.57 Å². The molecule has 0 aliphatic rings. The maximum Gasteiger partial charge on any atom is 0.326 e. The number of hydrogen-bond donors (Lipinski definition) is 1. The molecule has 0 atom stereocenters. The summed E-state index contributed by atoms with van der Waals surface area (Å²) in [5, 5.41) is 2.85. The number of sulfone groups is 1. The van der Waals surface area contributed by atoms with E-state index in [1.54, 1.807) is 30.5 Å². The van der Waals surface area contributed by atoms with Crippen LogP contribution in [-0.4, -0.2) is 43.4 Å². The SMILES string of the molecule is CS(=O)(=O)c1ccc(COc2ccc(-c3cn(C(=O)NCCCOc4ccccc4)cn3)cc2)cc1. The summed E-state index contributed by atoms with van der Waals surface area (Å²) < 4.78 is 36.0. The highest BCUT2D eigenvalue weighted by molar-refractivity contribution is 7.90. The number of hydrogen-bond acceptors (Lipinski definition) is 6. The van der Waals surface area contributed by atoms with Crippen LogP contribution in [0.3, 0.4) is 0 Å². The van der Waals surface area contributed by atoms with Gasteiger partial charge in [-0.2, -0.15) is 0 Å². The number of nitrogens with one attached hydrogen (secondary N) is 1. The molecular weight excluding hydrogens is 478 g/mol. The van der Waals surface area contributed by atoms with E-state index in [1.165, 1.54) is 17.2 Å². The maximum absolute atomic E-state index is 12.4. The van der Waals surface area contributed by atoms with Crippen LogP contribution in [0.1, 0.15) is 12.0 Å². The van der Waals surface area contributed by atoms with Gasteiger partial charge in [0, 0.05) is 24.6 Å². The Labute approximate surface area is 210 Å². The number of amides is 1. The Morgan fingerprint density at radius 2 is 1.61 bits per heavy atom. The van der Waals surface area contributed by atoms with Crippen LogP contribution in [0.25, 0.3) is 11.3 Å². The van der Waals surface area contributed by atoms with Crippen molar-refractivity contribution in [1.82, 2.24) is 14.9 Å². The van der Waals surface area contributed by atoms with Crippen molar-refractivity contribution in [2.24, 2.45) is 0 Å². The van der Waals surface area contributed by atoms with Crippen molar-refractivity contribution in [1.29, 1.82) is 0 Å². The van der Waals surface area contributed by atoms with Crippen molar-refractivity contribution in [3.63, 3.8) is 0 Å². The van der Waals surface area contributed by atoms with Gasteiger partial charge in [-0.05, 0) is 60.5 Å². The first-order valence-electron chi connectivity index (χ1n) is 11.4. The first-order chi connectivity index (χ1) is 17.4. The molecule has 0 saturated heterocycles. The first-order valence-corrected chi connectivity index (χ1v) is 13.3. The van der Waals surface area contributed by atoms with Gasteiger partial charge in [-0.25, -0.2) is 18.2 Å². The molecular formula is C27H27N3O5S. The molecule has 0 radical (unpaired) electrons. The normalized spacial score (nSPS) is 11.1. The second-order valence-corrected chi connectivity index (χ2v) is 10.2. The minimum atomic E-state index is -3.22. The number of nitrogens with zero attached hydrogens (tertiary/aromatic N) is 2. The number of imidazole rings is 1. The second-order valence-electron chi connectivity index (χ2n) is 8.14. The molecule has 1 N–H and O–H groups in total. The summed E-state index contributed by atoms with van der Waals surface area (Å²) in [4.78, 5) is 17.0. The van der Waals surface area contributed by atoms with Crippen LogP contribution in [0.4, 0.5) is 4.79 Å². The minimum absolute atomic E-state index is 0.254. The zero-order valence-corrected chi connectivity index (χ0v) is 20.6. The van der Waals surface area contributed by atoms with Crippen molar-refractivity contribution in [2.45, 2.75) is 17.9 Å². The molecule has 0 unspecified atom stereocenters. The average molecular weight is 506 g/mol. The van der Waals surface area contributed by atoms with Crippen LogP contribution in [0.5, 0.6) is 11.5 Å². The zero-order valence-electron chi connectivity index (χ0n) is 19.8. The Morgan fingerprint density at radius 1 is 0.917 bits per heavy atom. The molecule has 0 spiro atoms. The first kappa shape index (κ1) is 25.0. The Hall–Kier alpha value is -4.11.